The van der Waals surface area contributed by atoms with Crippen molar-refractivity contribution >= 4 is 80.2 Å². The quantitative estimate of drug-likeness (QED) is 0.0280. The molecule has 0 bridgehead atoms. The van der Waals surface area contributed by atoms with Gasteiger partial charge in [-0.25, -0.2) is 19.2 Å². The molecule has 4 aromatic carbocycles. The SMILES string of the molecule is CC(C)(C)OC(=O)N1CCc2c(C=O)cccc21.CC(C)(C)OC(=O)N1CCc2c(CNCC3CCC3)cccc21.Cc1cc(C(=O)N(Cc2cccc3c2CCC3)CC2CCC2)n[nH]1.Cc1cc(C(=O)N(Cc2cccc3c2CCN3C(=O)OC(C)(C)C)CC2CCC2)n[nH]1.Cc1cc(C(=O)O)n[nH]1.Cl.NCC1CCC1.[B].[H-].[Na+]. The summed E-state index contributed by atoms with van der Waals surface area (Å²) in [4.78, 5) is 93.4. The molecule has 0 spiro atoms. The predicted octanol–water partition coefficient (Wildman–Crippen LogP) is 13.1. The molecule has 8 aliphatic rings. The number of nitrogens with zero attached hydrogens (tertiary/aromatic N) is 8. The number of carbonyl (C=O) groups is 7. The van der Waals surface area contributed by atoms with Gasteiger partial charge in [0.2, 0.25) is 0 Å². The summed E-state index contributed by atoms with van der Waals surface area (Å²) in [7, 11) is 0. The van der Waals surface area contributed by atoms with Gasteiger partial charge in [0.05, 0.1) is 17.1 Å². The van der Waals surface area contributed by atoms with Crippen LogP contribution in [0.25, 0.3) is 0 Å². The van der Waals surface area contributed by atoms with Gasteiger partial charge in [-0.1, -0.05) is 80.3 Å². The Morgan fingerprint density at radius 3 is 1.25 bits per heavy atom. The van der Waals surface area contributed by atoms with Gasteiger partial charge in [-0.05, 0) is 291 Å². The van der Waals surface area contributed by atoms with Crippen LogP contribution in [0.2, 0.25) is 0 Å². The summed E-state index contributed by atoms with van der Waals surface area (Å²) >= 11 is 0. The Hall–Kier alpha value is -8.33. The molecule has 27 heteroatoms. The molecule has 3 aromatic heterocycles. The minimum absolute atomic E-state index is 0. The molecule has 3 aliphatic heterocycles. The van der Waals surface area contributed by atoms with Crippen LogP contribution in [0, 0.1) is 44.4 Å². The van der Waals surface area contributed by atoms with Gasteiger partial charge in [0, 0.05) is 83.4 Å². The summed E-state index contributed by atoms with van der Waals surface area (Å²) in [5.74, 6) is 1.98. The number of carboxylic acids is 1. The van der Waals surface area contributed by atoms with Crippen molar-refractivity contribution < 1.29 is 83.9 Å². The number of aromatic nitrogens is 6. The fraction of sp³-hybridized carbons (Fsp3) is 0.540. The van der Waals surface area contributed by atoms with E-state index in [1.165, 1.54) is 124 Å². The van der Waals surface area contributed by atoms with E-state index in [9.17, 15) is 33.6 Å². The fourth-order valence-corrected chi connectivity index (χ4v) is 14.8. The Kier molecular flexibility index (Phi) is 34.6. The van der Waals surface area contributed by atoms with Crippen molar-refractivity contribution in [3.05, 3.63) is 175 Å². The van der Waals surface area contributed by atoms with E-state index in [-0.39, 0.29) is 87.6 Å². The van der Waals surface area contributed by atoms with E-state index in [0.29, 0.717) is 67.9 Å². The maximum Gasteiger partial charge on any atom is 1.00 e. The number of nitrogens with two attached hydrogens (primary N) is 1. The number of anilines is 3. The van der Waals surface area contributed by atoms with Crippen molar-refractivity contribution in [1.82, 2.24) is 45.7 Å². The zero-order valence-corrected chi connectivity index (χ0v) is 72.3. The summed E-state index contributed by atoms with van der Waals surface area (Å²) in [6, 6.07) is 29.3. The van der Waals surface area contributed by atoms with Crippen LogP contribution >= 0.6 is 12.4 Å². The number of ether oxygens (including phenoxy) is 3. The Morgan fingerprint density at radius 1 is 0.518 bits per heavy atom. The summed E-state index contributed by atoms with van der Waals surface area (Å²) in [6.07, 6.45) is 21.5. The summed E-state index contributed by atoms with van der Waals surface area (Å²) < 4.78 is 16.5. The maximum absolute atomic E-state index is 13.2. The van der Waals surface area contributed by atoms with Crippen molar-refractivity contribution in [2.75, 3.05) is 60.5 Å². The molecular formula is C87H121BClN13NaO11. The first kappa shape index (κ1) is 92.8. The number of aromatic carboxylic acids is 1. The number of benzene rings is 4. The molecule has 611 valence electrons. The maximum atomic E-state index is 13.2. The number of hydrogen-bond acceptors (Lipinski definition) is 15. The van der Waals surface area contributed by atoms with Gasteiger partial charge in [-0.2, -0.15) is 15.3 Å². The molecule has 15 rings (SSSR count). The van der Waals surface area contributed by atoms with Gasteiger partial charge in [-0.3, -0.25) is 44.4 Å². The summed E-state index contributed by atoms with van der Waals surface area (Å²) in [5.41, 5.74) is 20.8. The molecule has 4 fully saturated rings. The number of amides is 5. The number of fused-ring (bicyclic) bond motifs is 4. The number of aromatic amines is 3. The number of halogens is 1. The number of carboxylic acid groups (broad SMARTS) is 1. The molecule has 6 heterocycles. The second-order valence-corrected chi connectivity index (χ2v) is 33.9. The smallest absolute Gasteiger partial charge is 1.00 e. The van der Waals surface area contributed by atoms with Gasteiger partial charge < -0.3 is 41.6 Å². The third-order valence-corrected chi connectivity index (χ3v) is 21.5. The zero-order valence-electron chi connectivity index (χ0n) is 70.5. The Morgan fingerprint density at radius 2 is 0.895 bits per heavy atom. The van der Waals surface area contributed by atoms with Crippen LogP contribution in [-0.2, 0) is 65.9 Å². The molecule has 7 aromatic rings. The first-order valence-corrected chi connectivity index (χ1v) is 40.1. The number of H-pyrrole nitrogens is 3. The Labute approximate surface area is 705 Å². The largest absolute Gasteiger partial charge is 1.00 e. The molecule has 0 unspecified atom stereocenters. The molecule has 0 saturated heterocycles. The number of rotatable bonds is 17. The number of hydrogen-bond donors (Lipinski definition) is 6. The Balaban J connectivity index is 0.000000224. The second-order valence-electron chi connectivity index (χ2n) is 33.9. The number of aldehydes is 1. The summed E-state index contributed by atoms with van der Waals surface area (Å²) in [6.45, 7) is 30.0. The topological polar surface area (TPSA) is 308 Å². The predicted molar refractivity (Wildman–Crippen MR) is 446 cm³/mol. The molecule has 5 aliphatic carbocycles. The number of nitrogens with one attached hydrogen (secondary N) is 4. The van der Waals surface area contributed by atoms with Crippen LogP contribution in [-0.4, -0.2) is 159 Å². The Bertz CT molecular complexity index is 4360. The average Bonchev–Trinajstić information content (AvgIpc) is 1.66. The van der Waals surface area contributed by atoms with Gasteiger partial charge in [-0.15, -0.1) is 12.4 Å². The van der Waals surface area contributed by atoms with E-state index >= 15 is 0 Å². The van der Waals surface area contributed by atoms with Crippen LogP contribution in [0.5, 0.6) is 0 Å². The molecule has 3 radical (unpaired) electrons. The van der Waals surface area contributed by atoms with Crippen LogP contribution in [0.15, 0.2) is 91.0 Å². The normalized spacial score (nSPS) is 15.7. The second kappa shape index (κ2) is 42.5. The standard InChI is InChI=1S/C24H32N4O3.C20H25N3O.C19H28N2O2.C14H17NO3.C5H6N2O2.C5H11N.B.ClH.Na.H/c1-16-13-20(26-25-16)22(29)27(14-17-7-5-8-17)15-18-9-6-10-21-19(18)11-12-28(21)23(30)31-24(2,3)4;1-14-11-19(22-21-14)20(24)23(12-15-5-2-6-15)13-17-9-3-7-16-8-4-10-18(16)17;1-19(2,3)23-18(22)21-11-10-16-15(8-5-9-17(16)21)13-20-12-14-6-4-7-14;1-14(2,3)18-13(17)15-8-7-11-10(9-16)5-4-6-12(11)15;1-3-2-4(5(8)9)7-6-3;6-4-5-2-1-3-5;;;;/h6,9-10,13,17H,5,7-8,11-12,14-15H2,1-4H3,(H,25,26);3,7,9,11,15H,2,4-6,8,10,12-13H2,1H3,(H,21,22);5,8-9,14,20H,4,6-7,10-13H2,1-3H3;4-6,9H,7-8H2,1-3H3;2H,1H3,(H,6,7)(H,8,9);5H,1-4,6H2;;1H;;/q;;;;;;;;+1;-1. The van der Waals surface area contributed by atoms with E-state index in [1.54, 1.807) is 39.8 Å². The van der Waals surface area contributed by atoms with Crippen LogP contribution < -0.4 is 55.3 Å². The molecule has 5 amide bonds. The molecule has 24 nitrogen and oxygen atoms in total. The molecule has 0 atom stereocenters. The number of aryl methyl sites for hydroxylation is 4. The van der Waals surface area contributed by atoms with Gasteiger partial charge in [0.25, 0.3) is 11.8 Å². The van der Waals surface area contributed by atoms with E-state index in [1.807, 2.05) is 122 Å². The van der Waals surface area contributed by atoms with Crippen molar-refractivity contribution in [3.8, 4) is 0 Å². The molecule has 114 heavy (non-hydrogen) atoms. The van der Waals surface area contributed by atoms with E-state index in [0.717, 1.165) is 121 Å². The molecule has 7 N–H and O–H groups in total. The molecular weight excluding hydrogens is 1470 g/mol. The van der Waals surface area contributed by atoms with Crippen LogP contribution in [0.4, 0.5) is 31.4 Å². The van der Waals surface area contributed by atoms with Crippen molar-refractivity contribution in [2.45, 2.75) is 235 Å². The van der Waals surface area contributed by atoms with Crippen LogP contribution in [0.3, 0.4) is 0 Å². The number of carbonyl (C=O) groups excluding carboxylic acids is 6. The van der Waals surface area contributed by atoms with Crippen LogP contribution in [0.1, 0.15) is 251 Å². The van der Waals surface area contributed by atoms with Gasteiger partial charge >= 0.3 is 53.8 Å². The van der Waals surface area contributed by atoms with Gasteiger partial charge in [0.15, 0.2) is 5.69 Å². The first-order chi connectivity index (χ1) is 52.9. The average molecular weight is 1590 g/mol. The third-order valence-electron chi connectivity index (χ3n) is 21.5. The zero-order chi connectivity index (χ0) is 79.7. The van der Waals surface area contributed by atoms with E-state index in [4.69, 9.17) is 25.1 Å². The minimum Gasteiger partial charge on any atom is -1.00 e. The van der Waals surface area contributed by atoms with Crippen molar-refractivity contribution in [1.29, 1.82) is 0 Å². The third kappa shape index (κ3) is 26.1. The minimum atomic E-state index is -1.00. The van der Waals surface area contributed by atoms with Crippen molar-refractivity contribution in [3.63, 3.8) is 0 Å². The summed E-state index contributed by atoms with van der Waals surface area (Å²) in [5, 5.41) is 32.0. The van der Waals surface area contributed by atoms with E-state index in [2.05, 4.69) is 66.2 Å². The first-order valence-electron chi connectivity index (χ1n) is 40.1. The van der Waals surface area contributed by atoms with Crippen molar-refractivity contribution in [2.24, 2.45) is 29.4 Å². The fourth-order valence-electron chi connectivity index (χ4n) is 14.8. The molecule has 4 saturated carbocycles. The van der Waals surface area contributed by atoms with Gasteiger partial charge in [0.1, 0.15) is 34.5 Å². The van der Waals surface area contributed by atoms with E-state index < -0.39 is 22.8 Å². The monoisotopic (exact) mass is 1590 g/mol.